The van der Waals surface area contributed by atoms with Crippen LogP contribution in [0.3, 0.4) is 0 Å². The Bertz CT molecular complexity index is 307. The Morgan fingerprint density at radius 2 is 2.00 bits per heavy atom. The van der Waals surface area contributed by atoms with E-state index in [-0.39, 0.29) is 6.04 Å². The number of hydrogen-bond acceptors (Lipinski definition) is 3. The van der Waals surface area contributed by atoms with Gasteiger partial charge in [-0.15, -0.1) is 0 Å². The summed E-state index contributed by atoms with van der Waals surface area (Å²) in [7, 11) is 0. The summed E-state index contributed by atoms with van der Waals surface area (Å²) in [6.45, 7) is 2.60. The topological polar surface area (TPSA) is 64.1 Å². The number of hydrogen-bond donors (Lipinski definition) is 3. The lowest BCUT2D eigenvalue weighted by Gasteiger charge is -2.29. The second kappa shape index (κ2) is 4.75. The minimum atomic E-state index is 0.238. The number of benzene rings is 1. The number of piperidine rings is 1. The summed E-state index contributed by atoms with van der Waals surface area (Å²) in [6.07, 6.45) is 1.13. The highest BCUT2D eigenvalue weighted by molar-refractivity contribution is 5.27. The van der Waals surface area contributed by atoms with E-state index in [4.69, 9.17) is 11.5 Å². The van der Waals surface area contributed by atoms with Crippen molar-refractivity contribution in [3.05, 3.63) is 35.4 Å². The van der Waals surface area contributed by atoms with E-state index in [0.717, 1.165) is 19.5 Å². The average Bonchev–Trinajstić information content (AvgIpc) is 2.30. The quantitative estimate of drug-likeness (QED) is 0.660. The smallest absolute Gasteiger partial charge is 0.0235 e. The van der Waals surface area contributed by atoms with Crippen LogP contribution in [0.5, 0.6) is 0 Å². The van der Waals surface area contributed by atoms with Crippen molar-refractivity contribution in [2.45, 2.75) is 24.9 Å². The molecule has 3 nitrogen and oxygen atoms in total. The molecule has 5 N–H and O–H groups in total. The van der Waals surface area contributed by atoms with E-state index < -0.39 is 0 Å². The Kier molecular flexibility index (Phi) is 3.36. The maximum Gasteiger partial charge on any atom is 0.0235 e. The average molecular weight is 205 g/mol. The molecule has 0 bridgehead atoms. The van der Waals surface area contributed by atoms with Crippen molar-refractivity contribution in [3.63, 3.8) is 0 Å². The molecule has 1 aliphatic heterocycles. The van der Waals surface area contributed by atoms with Crippen molar-refractivity contribution >= 4 is 0 Å². The zero-order chi connectivity index (χ0) is 10.7. The van der Waals surface area contributed by atoms with Crippen LogP contribution in [-0.2, 0) is 6.54 Å². The van der Waals surface area contributed by atoms with Crippen molar-refractivity contribution in [1.29, 1.82) is 0 Å². The molecule has 2 rings (SSSR count). The van der Waals surface area contributed by atoms with Crippen LogP contribution in [0.15, 0.2) is 24.3 Å². The number of nitrogens with two attached hydrogens (primary N) is 2. The lowest BCUT2D eigenvalue weighted by atomic mass is 9.86. The van der Waals surface area contributed by atoms with Gasteiger partial charge in [0.15, 0.2) is 0 Å². The van der Waals surface area contributed by atoms with Gasteiger partial charge in [0.2, 0.25) is 0 Å². The summed E-state index contributed by atoms with van der Waals surface area (Å²) in [5.74, 6) is 0.498. The lowest BCUT2D eigenvalue weighted by Crippen LogP contribution is -2.44. The Labute approximate surface area is 90.8 Å². The van der Waals surface area contributed by atoms with Gasteiger partial charge >= 0.3 is 0 Å². The van der Waals surface area contributed by atoms with Gasteiger partial charge in [-0.3, -0.25) is 0 Å². The first-order chi connectivity index (χ1) is 7.31. The van der Waals surface area contributed by atoms with Gasteiger partial charge in [-0.2, -0.15) is 0 Å². The molecule has 82 valence electrons. The number of nitrogens with one attached hydrogen (secondary N) is 1. The molecule has 0 radical (unpaired) electrons. The highest BCUT2D eigenvalue weighted by Crippen LogP contribution is 2.24. The van der Waals surface area contributed by atoms with Gasteiger partial charge in [0.1, 0.15) is 0 Å². The van der Waals surface area contributed by atoms with Crippen molar-refractivity contribution in [3.8, 4) is 0 Å². The standard InChI is InChI=1S/C12H19N3/c13-7-9-1-3-10(4-2-9)11-5-6-15-8-12(11)14/h1-4,11-12,15H,5-8,13-14H2. The van der Waals surface area contributed by atoms with Gasteiger partial charge in [0.25, 0.3) is 0 Å². The summed E-state index contributed by atoms with van der Waals surface area (Å²) in [4.78, 5) is 0. The van der Waals surface area contributed by atoms with Crippen LogP contribution in [0.25, 0.3) is 0 Å². The van der Waals surface area contributed by atoms with Gasteiger partial charge in [0, 0.05) is 25.0 Å². The van der Waals surface area contributed by atoms with Crippen molar-refractivity contribution in [2.75, 3.05) is 13.1 Å². The summed E-state index contributed by atoms with van der Waals surface area (Å²) in [5.41, 5.74) is 14.2. The van der Waals surface area contributed by atoms with Crippen molar-refractivity contribution in [1.82, 2.24) is 5.32 Å². The first-order valence-electron chi connectivity index (χ1n) is 5.56. The maximum atomic E-state index is 6.09. The van der Waals surface area contributed by atoms with Gasteiger partial charge < -0.3 is 16.8 Å². The molecule has 1 saturated heterocycles. The van der Waals surface area contributed by atoms with Crippen LogP contribution in [0.4, 0.5) is 0 Å². The third-order valence-corrected chi connectivity index (χ3v) is 3.17. The van der Waals surface area contributed by atoms with E-state index in [9.17, 15) is 0 Å². The van der Waals surface area contributed by atoms with Gasteiger partial charge in [0.05, 0.1) is 0 Å². The molecular weight excluding hydrogens is 186 g/mol. The van der Waals surface area contributed by atoms with Crippen LogP contribution in [0, 0.1) is 0 Å². The van der Waals surface area contributed by atoms with Crippen molar-refractivity contribution in [2.24, 2.45) is 11.5 Å². The van der Waals surface area contributed by atoms with E-state index in [0.29, 0.717) is 12.5 Å². The lowest BCUT2D eigenvalue weighted by molar-refractivity contribution is 0.403. The van der Waals surface area contributed by atoms with Crippen LogP contribution >= 0.6 is 0 Å². The minimum Gasteiger partial charge on any atom is -0.326 e. The zero-order valence-corrected chi connectivity index (χ0v) is 8.95. The van der Waals surface area contributed by atoms with Crippen LogP contribution in [0.2, 0.25) is 0 Å². The monoisotopic (exact) mass is 205 g/mol. The second-order valence-corrected chi connectivity index (χ2v) is 4.21. The fraction of sp³-hybridized carbons (Fsp3) is 0.500. The highest BCUT2D eigenvalue weighted by atomic mass is 14.9. The first kappa shape index (κ1) is 10.6. The molecule has 0 aromatic heterocycles. The molecule has 2 atom stereocenters. The maximum absolute atomic E-state index is 6.09. The fourth-order valence-electron chi connectivity index (χ4n) is 2.20. The van der Waals surface area contributed by atoms with Crippen LogP contribution in [-0.4, -0.2) is 19.1 Å². The zero-order valence-electron chi connectivity index (χ0n) is 8.95. The van der Waals surface area contributed by atoms with Crippen LogP contribution < -0.4 is 16.8 Å². The van der Waals surface area contributed by atoms with E-state index >= 15 is 0 Å². The molecule has 1 aliphatic rings. The summed E-state index contributed by atoms with van der Waals surface area (Å²) < 4.78 is 0. The second-order valence-electron chi connectivity index (χ2n) is 4.21. The third kappa shape index (κ3) is 2.37. The third-order valence-electron chi connectivity index (χ3n) is 3.17. The molecule has 15 heavy (non-hydrogen) atoms. The SMILES string of the molecule is NCc1ccc(C2CCNCC2N)cc1. The highest BCUT2D eigenvalue weighted by Gasteiger charge is 2.22. The Morgan fingerprint density at radius 3 is 2.60 bits per heavy atom. The summed E-state index contributed by atoms with van der Waals surface area (Å²) in [5, 5.41) is 3.31. The van der Waals surface area contributed by atoms with E-state index in [2.05, 4.69) is 29.6 Å². The van der Waals surface area contributed by atoms with Crippen molar-refractivity contribution < 1.29 is 0 Å². The molecule has 2 unspecified atom stereocenters. The van der Waals surface area contributed by atoms with Crippen LogP contribution in [0.1, 0.15) is 23.5 Å². The molecule has 0 spiro atoms. The molecule has 1 heterocycles. The predicted octanol–water partition coefficient (Wildman–Crippen LogP) is 0.550. The largest absolute Gasteiger partial charge is 0.326 e. The van der Waals surface area contributed by atoms with Gasteiger partial charge in [-0.05, 0) is 24.1 Å². The molecule has 3 heteroatoms. The molecule has 0 saturated carbocycles. The molecule has 0 amide bonds. The summed E-state index contributed by atoms with van der Waals surface area (Å²) >= 11 is 0. The van der Waals surface area contributed by atoms with E-state index in [1.807, 2.05) is 0 Å². The van der Waals surface area contributed by atoms with Gasteiger partial charge in [-0.25, -0.2) is 0 Å². The minimum absolute atomic E-state index is 0.238. The van der Waals surface area contributed by atoms with Gasteiger partial charge in [-0.1, -0.05) is 24.3 Å². The number of rotatable bonds is 2. The Morgan fingerprint density at radius 1 is 1.27 bits per heavy atom. The van der Waals surface area contributed by atoms with E-state index in [1.165, 1.54) is 11.1 Å². The predicted molar refractivity (Wildman–Crippen MR) is 62.5 cm³/mol. The normalized spacial score (nSPS) is 26.5. The molecular formula is C12H19N3. The Hall–Kier alpha value is -0.900. The fourth-order valence-corrected chi connectivity index (χ4v) is 2.20. The molecule has 1 fully saturated rings. The molecule has 1 aromatic rings. The Balaban J connectivity index is 2.13. The molecule has 1 aromatic carbocycles. The summed E-state index contributed by atoms with van der Waals surface area (Å²) in [6, 6.07) is 8.77. The first-order valence-corrected chi connectivity index (χ1v) is 5.56. The van der Waals surface area contributed by atoms with E-state index in [1.54, 1.807) is 0 Å². The molecule has 0 aliphatic carbocycles.